The van der Waals surface area contributed by atoms with Crippen LogP contribution in [0.25, 0.3) is 0 Å². The molecule has 0 fully saturated rings. The summed E-state index contributed by atoms with van der Waals surface area (Å²) < 4.78 is 0. The van der Waals surface area contributed by atoms with E-state index >= 15 is 0 Å². The zero-order valence-corrected chi connectivity index (χ0v) is 12.3. The molecule has 0 radical (unpaired) electrons. The van der Waals surface area contributed by atoms with Gasteiger partial charge in [0.15, 0.2) is 0 Å². The third-order valence-electron chi connectivity index (χ3n) is 3.37. The number of carbonyl (C=O) groups is 3. The average Bonchev–Trinajstić information content (AvgIpc) is 2.73. The molecule has 1 aromatic rings. The van der Waals surface area contributed by atoms with Crippen molar-refractivity contribution in [2.45, 2.75) is 26.2 Å². The van der Waals surface area contributed by atoms with Gasteiger partial charge < -0.3 is 21.0 Å². The minimum atomic E-state index is -1.46. The van der Waals surface area contributed by atoms with E-state index in [1.807, 2.05) is 0 Å². The Morgan fingerprint density at radius 1 is 1.38 bits per heavy atom. The van der Waals surface area contributed by atoms with Crippen LogP contribution in [0.2, 0.25) is 0 Å². The molecule has 0 bridgehead atoms. The van der Waals surface area contributed by atoms with Gasteiger partial charge in [0.25, 0.3) is 5.91 Å². The summed E-state index contributed by atoms with van der Waals surface area (Å²) in [5, 5.41) is 13.2. The first kappa shape index (κ1) is 15.2. The lowest BCUT2D eigenvalue weighted by atomic mass is 9.88. The van der Waals surface area contributed by atoms with E-state index in [1.54, 1.807) is 0 Å². The van der Waals surface area contributed by atoms with E-state index in [2.05, 4.69) is 12.2 Å². The molecule has 0 saturated heterocycles. The first-order chi connectivity index (χ1) is 9.88. The van der Waals surface area contributed by atoms with Crippen LogP contribution in [0.5, 0.6) is 0 Å². The average molecular weight is 307 g/mol. The zero-order chi connectivity index (χ0) is 15.6. The van der Waals surface area contributed by atoms with Crippen LogP contribution < -0.4 is 16.2 Å². The third kappa shape index (κ3) is 3.49. The van der Waals surface area contributed by atoms with Crippen molar-refractivity contribution in [1.29, 1.82) is 0 Å². The molecule has 21 heavy (non-hydrogen) atoms. The maximum Gasteiger partial charge on any atom is 0.251 e. The second-order valence-electron chi connectivity index (χ2n) is 5.06. The third-order valence-corrected chi connectivity index (χ3v) is 4.54. The summed E-state index contributed by atoms with van der Waals surface area (Å²) in [7, 11) is 0. The van der Waals surface area contributed by atoms with E-state index in [0.29, 0.717) is 22.6 Å². The van der Waals surface area contributed by atoms with E-state index < -0.39 is 17.8 Å². The van der Waals surface area contributed by atoms with Crippen molar-refractivity contribution in [3.05, 3.63) is 28.2 Å². The van der Waals surface area contributed by atoms with Gasteiger partial charge in [-0.1, -0.05) is 6.92 Å². The Hall–Kier alpha value is -2.15. The molecule has 1 heterocycles. The number of carbonyl (C=O) groups excluding carboxylic acids is 3. The molecule has 112 valence electrons. The number of hydrogen-bond acceptors (Lipinski definition) is 5. The summed E-state index contributed by atoms with van der Waals surface area (Å²) in [6.07, 6.45) is 4.07. The number of anilines is 1. The molecule has 0 spiro atoms. The highest BCUT2D eigenvalue weighted by molar-refractivity contribution is 7.17. The highest BCUT2D eigenvalue weighted by Gasteiger charge is 2.26. The fourth-order valence-corrected chi connectivity index (χ4v) is 3.82. The Bertz CT molecular complexity index is 633. The molecule has 2 rings (SSSR count). The second kappa shape index (κ2) is 6.09. The van der Waals surface area contributed by atoms with Gasteiger partial charge >= 0.3 is 0 Å². The number of hydrogen-bond donors (Lipinski definition) is 2. The Labute approximate surface area is 125 Å². The summed E-state index contributed by atoms with van der Waals surface area (Å²) in [6.45, 7) is 2.13. The van der Waals surface area contributed by atoms with Crippen LogP contribution >= 0.6 is 11.3 Å². The van der Waals surface area contributed by atoms with Crippen LogP contribution in [0.3, 0.4) is 0 Å². The molecule has 1 aliphatic carbocycles. The van der Waals surface area contributed by atoms with E-state index in [4.69, 9.17) is 5.73 Å². The minimum absolute atomic E-state index is 0.345. The van der Waals surface area contributed by atoms with Crippen molar-refractivity contribution in [3.63, 3.8) is 0 Å². The normalized spacial score (nSPS) is 17.5. The van der Waals surface area contributed by atoms with E-state index in [1.165, 1.54) is 11.3 Å². The number of amides is 2. The summed E-state index contributed by atoms with van der Waals surface area (Å²) >= 11 is 1.33. The molecule has 3 N–H and O–H groups in total. The number of rotatable bonds is 4. The highest BCUT2D eigenvalue weighted by Crippen LogP contribution is 2.39. The highest BCUT2D eigenvalue weighted by atomic mass is 32.1. The molecule has 6 nitrogen and oxygen atoms in total. The molecule has 1 aliphatic rings. The lowest BCUT2D eigenvalue weighted by Gasteiger charge is -2.18. The number of carboxylic acid groups (broad SMARTS) is 1. The largest absolute Gasteiger partial charge is 0.545 e. The maximum atomic E-state index is 11.6. The Morgan fingerprint density at radius 3 is 2.71 bits per heavy atom. The van der Waals surface area contributed by atoms with Gasteiger partial charge in [-0.25, -0.2) is 0 Å². The molecule has 1 aromatic heterocycles. The summed E-state index contributed by atoms with van der Waals surface area (Å²) in [5.74, 6) is -2.15. The van der Waals surface area contributed by atoms with Gasteiger partial charge in [-0.2, -0.15) is 0 Å². The van der Waals surface area contributed by atoms with Crippen LogP contribution in [-0.2, 0) is 22.4 Å². The fraction of sp³-hybridized carbons (Fsp3) is 0.357. The Kier molecular flexibility index (Phi) is 4.42. The lowest BCUT2D eigenvalue weighted by Crippen LogP contribution is -2.21. The predicted octanol–water partition coefficient (Wildman–Crippen LogP) is 0.216. The molecule has 0 aromatic carbocycles. The van der Waals surface area contributed by atoms with Crippen molar-refractivity contribution >= 4 is 34.1 Å². The monoisotopic (exact) mass is 307 g/mol. The smallest absolute Gasteiger partial charge is 0.251 e. The lowest BCUT2D eigenvalue weighted by molar-refractivity contribution is -0.297. The number of carboxylic acids is 1. The number of fused-ring (bicyclic) bond motifs is 1. The van der Waals surface area contributed by atoms with Crippen LogP contribution in [-0.4, -0.2) is 17.8 Å². The maximum absolute atomic E-state index is 11.6. The number of thiophene rings is 1. The quantitative estimate of drug-likeness (QED) is 0.774. The van der Waals surface area contributed by atoms with Crippen LogP contribution in [0.4, 0.5) is 5.00 Å². The Morgan fingerprint density at radius 2 is 2.10 bits per heavy atom. The van der Waals surface area contributed by atoms with Crippen molar-refractivity contribution in [2.75, 3.05) is 5.32 Å². The van der Waals surface area contributed by atoms with Gasteiger partial charge in [0, 0.05) is 11.0 Å². The van der Waals surface area contributed by atoms with Crippen LogP contribution in [0, 0.1) is 5.92 Å². The number of aliphatic carboxylic acids is 1. The molecule has 0 saturated carbocycles. The molecule has 0 aliphatic heterocycles. The van der Waals surface area contributed by atoms with Gasteiger partial charge in [0.1, 0.15) is 5.00 Å². The standard InChI is InChI=1S/C14H16N2O4S/c1-7-2-3-8-9(6-7)21-14(12(8)13(15)20)16-10(17)4-5-11(18)19/h4-5,7H,2-3,6H2,1H3,(H2,15,20)(H,16,17)(H,18,19)/p-1. The summed E-state index contributed by atoms with van der Waals surface area (Å²) in [4.78, 5) is 34.6. The molecule has 2 amide bonds. The molecular formula is C14H15N2O4S-. The van der Waals surface area contributed by atoms with Crippen molar-refractivity contribution in [3.8, 4) is 0 Å². The summed E-state index contributed by atoms with van der Waals surface area (Å²) in [6, 6.07) is 0. The molecular weight excluding hydrogens is 292 g/mol. The molecule has 1 unspecified atom stereocenters. The van der Waals surface area contributed by atoms with E-state index in [9.17, 15) is 19.5 Å². The van der Waals surface area contributed by atoms with Gasteiger partial charge in [-0.15, -0.1) is 11.3 Å². The second-order valence-corrected chi connectivity index (χ2v) is 6.17. The summed E-state index contributed by atoms with van der Waals surface area (Å²) in [5.41, 5.74) is 6.66. The van der Waals surface area contributed by atoms with E-state index in [-0.39, 0.29) is 0 Å². The van der Waals surface area contributed by atoms with Crippen molar-refractivity contribution < 1.29 is 19.5 Å². The van der Waals surface area contributed by atoms with E-state index in [0.717, 1.165) is 35.8 Å². The van der Waals surface area contributed by atoms with Gasteiger partial charge in [0.2, 0.25) is 5.91 Å². The Balaban J connectivity index is 2.29. The minimum Gasteiger partial charge on any atom is -0.545 e. The predicted molar refractivity (Wildman–Crippen MR) is 76.8 cm³/mol. The molecule has 7 heteroatoms. The van der Waals surface area contributed by atoms with Gasteiger partial charge in [-0.05, 0) is 36.8 Å². The van der Waals surface area contributed by atoms with Gasteiger partial charge in [0.05, 0.1) is 11.5 Å². The van der Waals surface area contributed by atoms with Crippen molar-refractivity contribution in [2.24, 2.45) is 11.7 Å². The molecule has 1 atom stereocenters. The van der Waals surface area contributed by atoms with Crippen LogP contribution in [0.15, 0.2) is 12.2 Å². The SMILES string of the molecule is CC1CCc2c(sc(NC(=O)C=CC(=O)[O-])c2C(N)=O)C1. The van der Waals surface area contributed by atoms with Crippen LogP contribution in [0.1, 0.15) is 34.1 Å². The first-order valence-corrected chi connectivity index (χ1v) is 7.34. The fourth-order valence-electron chi connectivity index (χ4n) is 2.40. The van der Waals surface area contributed by atoms with Crippen molar-refractivity contribution in [1.82, 2.24) is 0 Å². The topological polar surface area (TPSA) is 112 Å². The number of nitrogens with one attached hydrogen (secondary N) is 1. The first-order valence-electron chi connectivity index (χ1n) is 6.53. The number of primary amides is 1. The number of nitrogens with two attached hydrogens (primary N) is 1. The zero-order valence-electron chi connectivity index (χ0n) is 11.5. The van der Waals surface area contributed by atoms with Gasteiger partial charge in [-0.3, -0.25) is 9.59 Å².